The molecule has 0 bridgehead atoms. The molecule has 3 heteroatoms. The maximum Gasteiger partial charge on any atom is 0.113 e. The molecule has 0 saturated heterocycles. The first kappa shape index (κ1) is 15.1. The summed E-state index contributed by atoms with van der Waals surface area (Å²) < 4.78 is 1.89. The van der Waals surface area contributed by atoms with E-state index in [1.165, 1.54) is 0 Å². The molecule has 3 nitrogen and oxygen atoms in total. The number of benzene rings is 3. The Hall–Kier alpha value is -3.46. The minimum absolute atomic E-state index is 0.886. The molecule has 25 heavy (non-hydrogen) atoms. The normalized spacial score (nSPS) is 12.1. The third-order valence-electron chi connectivity index (χ3n) is 3.99. The number of hydrogen-bond donors (Lipinski definition) is 0. The summed E-state index contributed by atoms with van der Waals surface area (Å²) in [7, 11) is 0. The standard InChI is InChI=1S/C22H17N3/c1-3-10-18(11-4-1)12-9-17-21(19-13-5-2-6-14-19)25-22-16-8-7-15-20(22)23-24-25/h1-17H. The van der Waals surface area contributed by atoms with E-state index in [1.54, 1.807) is 0 Å². The van der Waals surface area contributed by atoms with Crippen molar-refractivity contribution in [3.8, 4) is 0 Å². The van der Waals surface area contributed by atoms with Gasteiger partial charge in [0.1, 0.15) is 5.52 Å². The number of aromatic nitrogens is 3. The van der Waals surface area contributed by atoms with Crippen LogP contribution in [0.5, 0.6) is 0 Å². The zero-order valence-electron chi connectivity index (χ0n) is 13.7. The van der Waals surface area contributed by atoms with Crippen molar-refractivity contribution in [2.45, 2.75) is 0 Å². The van der Waals surface area contributed by atoms with E-state index < -0.39 is 0 Å². The molecule has 0 unspecified atom stereocenters. The fourth-order valence-electron chi connectivity index (χ4n) is 2.76. The summed E-state index contributed by atoms with van der Waals surface area (Å²) in [6, 6.07) is 28.5. The highest BCUT2D eigenvalue weighted by molar-refractivity contribution is 5.81. The third-order valence-corrected chi connectivity index (χ3v) is 3.99. The van der Waals surface area contributed by atoms with E-state index in [1.807, 2.05) is 71.4 Å². The zero-order chi connectivity index (χ0) is 16.9. The number of nitrogens with zero attached hydrogens (tertiary/aromatic N) is 3. The maximum atomic E-state index is 4.36. The van der Waals surface area contributed by atoms with E-state index in [-0.39, 0.29) is 0 Å². The summed E-state index contributed by atoms with van der Waals surface area (Å²) in [6.07, 6.45) is 6.21. The van der Waals surface area contributed by atoms with Gasteiger partial charge in [-0.05, 0) is 23.8 Å². The Labute approximate surface area is 146 Å². The van der Waals surface area contributed by atoms with E-state index in [4.69, 9.17) is 0 Å². The van der Waals surface area contributed by atoms with Crippen LogP contribution in [0.3, 0.4) is 0 Å². The Bertz CT molecular complexity index is 1030. The van der Waals surface area contributed by atoms with Crippen LogP contribution in [0.15, 0.2) is 97.1 Å². The lowest BCUT2D eigenvalue weighted by Crippen LogP contribution is -2.01. The van der Waals surface area contributed by atoms with Crippen molar-refractivity contribution >= 4 is 22.8 Å². The molecule has 0 amide bonds. The van der Waals surface area contributed by atoms with E-state index >= 15 is 0 Å². The van der Waals surface area contributed by atoms with Crippen LogP contribution >= 0.6 is 0 Å². The Morgan fingerprint density at radius 1 is 0.760 bits per heavy atom. The fourth-order valence-corrected chi connectivity index (χ4v) is 2.76. The number of hydrogen-bond acceptors (Lipinski definition) is 2. The van der Waals surface area contributed by atoms with Gasteiger partial charge < -0.3 is 0 Å². The molecular formula is C22H17N3. The van der Waals surface area contributed by atoms with Crippen LogP contribution in [0.25, 0.3) is 22.8 Å². The van der Waals surface area contributed by atoms with Gasteiger partial charge in [-0.1, -0.05) is 90.2 Å². The van der Waals surface area contributed by atoms with Crippen molar-refractivity contribution in [2.24, 2.45) is 0 Å². The lowest BCUT2D eigenvalue weighted by Gasteiger charge is -2.08. The van der Waals surface area contributed by atoms with Crippen LogP contribution in [0.4, 0.5) is 0 Å². The monoisotopic (exact) mass is 323 g/mol. The quantitative estimate of drug-likeness (QED) is 0.493. The average molecular weight is 323 g/mol. The van der Waals surface area contributed by atoms with Crippen molar-refractivity contribution in [1.29, 1.82) is 0 Å². The van der Waals surface area contributed by atoms with Gasteiger partial charge in [-0.25, -0.2) is 4.68 Å². The average Bonchev–Trinajstić information content (AvgIpc) is 3.11. The van der Waals surface area contributed by atoms with Crippen molar-refractivity contribution in [2.75, 3.05) is 0 Å². The Balaban J connectivity index is 1.80. The minimum atomic E-state index is 0.886. The van der Waals surface area contributed by atoms with E-state index in [0.29, 0.717) is 0 Å². The van der Waals surface area contributed by atoms with Crippen LogP contribution < -0.4 is 0 Å². The van der Waals surface area contributed by atoms with Crippen LogP contribution in [0.2, 0.25) is 0 Å². The summed E-state index contributed by atoms with van der Waals surface area (Å²) in [5.41, 5.74) is 5.12. The molecular weight excluding hydrogens is 306 g/mol. The number of para-hydroxylation sites is 1. The zero-order valence-corrected chi connectivity index (χ0v) is 13.7. The predicted octanol–water partition coefficient (Wildman–Crippen LogP) is 5.03. The van der Waals surface area contributed by atoms with E-state index in [9.17, 15) is 0 Å². The SMILES string of the molecule is C(=Cc1ccccc1)C=C(c1ccccc1)n1nnc2ccccc21. The van der Waals surface area contributed by atoms with Crippen molar-refractivity contribution in [3.63, 3.8) is 0 Å². The predicted molar refractivity (Wildman–Crippen MR) is 103 cm³/mol. The molecule has 4 rings (SSSR count). The van der Waals surface area contributed by atoms with Gasteiger partial charge in [0.25, 0.3) is 0 Å². The van der Waals surface area contributed by atoms with Gasteiger partial charge in [0.05, 0.1) is 11.2 Å². The second-order valence-electron chi connectivity index (χ2n) is 5.68. The van der Waals surface area contributed by atoms with E-state index in [0.717, 1.165) is 27.9 Å². The lowest BCUT2D eigenvalue weighted by atomic mass is 10.1. The smallest absolute Gasteiger partial charge is 0.113 e. The van der Waals surface area contributed by atoms with Crippen LogP contribution in [0, 0.1) is 0 Å². The lowest BCUT2D eigenvalue weighted by molar-refractivity contribution is 0.841. The van der Waals surface area contributed by atoms with Crippen LogP contribution in [-0.4, -0.2) is 15.0 Å². The Kier molecular flexibility index (Phi) is 4.21. The Morgan fingerprint density at radius 2 is 1.44 bits per heavy atom. The second kappa shape index (κ2) is 6.97. The molecule has 0 radical (unpaired) electrons. The second-order valence-corrected chi connectivity index (χ2v) is 5.68. The highest BCUT2D eigenvalue weighted by atomic mass is 15.4. The number of allylic oxidation sites excluding steroid dienone is 2. The van der Waals surface area contributed by atoms with Gasteiger partial charge in [0.15, 0.2) is 0 Å². The molecule has 0 spiro atoms. The van der Waals surface area contributed by atoms with Crippen molar-refractivity contribution < 1.29 is 0 Å². The summed E-state index contributed by atoms with van der Waals surface area (Å²) in [5, 5.41) is 8.64. The number of fused-ring (bicyclic) bond motifs is 1. The molecule has 0 atom stereocenters. The first-order valence-corrected chi connectivity index (χ1v) is 8.21. The Morgan fingerprint density at radius 3 is 2.24 bits per heavy atom. The van der Waals surface area contributed by atoms with Gasteiger partial charge in [-0.15, -0.1) is 5.10 Å². The summed E-state index contributed by atoms with van der Waals surface area (Å²) >= 11 is 0. The molecule has 3 aromatic carbocycles. The molecule has 4 aromatic rings. The topological polar surface area (TPSA) is 30.7 Å². The van der Waals surface area contributed by atoms with Gasteiger partial charge in [-0.2, -0.15) is 0 Å². The summed E-state index contributed by atoms with van der Waals surface area (Å²) in [6.45, 7) is 0. The number of rotatable bonds is 4. The first-order chi connectivity index (χ1) is 12.4. The molecule has 0 N–H and O–H groups in total. The fraction of sp³-hybridized carbons (Fsp3) is 0. The molecule has 1 heterocycles. The van der Waals surface area contributed by atoms with Crippen molar-refractivity contribution in [1.82, 2.24) is 15.0 Å². The van der Waals surface area contributed by atoms with Gasteiger partial charge >= 0.3 is 0 Å². The maximum absolute atomic E-state index is 4.36. The molecule has 0 aliphatic carbocycles. The molecule has 0 aliphatic rings. The molecule has 0 fully saturated rings. The molecule has 0 aliphatic heterocycles. The summed E-state index contributed by atoms with van der Waals surface area (Å²) in [5.74, 6) is 0. The molecule has 1 aromatic heterocycles. The van der Waals surface area contributed by atoms with Gasteiger partial charge in [-0.3, -0.25) is 0 Å². The summed E-state index contributed by atoms with van der Waals surface area (Å²) in [4.78, 5) is 0. The van der Waals surface area contributed by atoms with Gasteiger partial charge in [0.2, 0.25) is 0 Å². The molecule has 120 valence electrons. The molecule has 0 saturated carbocycles. The highest BCUT2D eigenvalue weighted by Gasteiger charge is 2.09. The first-order valence-electron chi connectivity index (χ1n) is 8.21. The largest absolute Gasteiger partial charge is 0.212 e. The van der Waals surface area contributed by atoms with E-state index in [2.05, 4.69) is 46.7 Å². The minimum Gasteiger partial charge on any atom is -0.212 e. The van der Waals surface area contributed by atoms with Crippen LogP contribution in [-0.2, 0) is 0 Å². The van der Waals surface area contributed by atoms with Crippen molar-refractivity contribution in [3.05, 3.63) is 108 Å². The highest BCUT2D eigenvalue weighted by Crippen LogP contribution is 2.21. The van der Waals surface area contributed by atoms with Crippen LogP contribution in [0.1, 0.15) is 11.1 Å². The van der Waals surface area contributed by atoms with Gasteiger partial charge in [0, 0.05) is 5.56 Å². The third kappa shape index (κ3) is 3.26.